The smallest absolute Gasteiger partial charge is 0.323 e. The highest BCUT2D eigenvalue weighted by Crippen LogP contribution is 2.21. The zero-order valence-electron chi connectivity index (χ0n) is 16.9. The van der Waals surface area contributed by atoms with E-state index in [2.05, 4.69) is 15.6 Å². The van der Waals surface area contributed by atoms with Crippen LogP contribution in [0.15, 0.2) is 71.7 Å². The largest absolute Gasteiger partial charge is 0.487 e. The number of anilines is 2. The molecule has 2 heterocycles. The van der Waals surface area contributed by atoms with Crippen molar-refractivity contribution < 1.29 is 13.9 Å². The van der Waals surface area contributed by atoms with Gasteiger partial charge in [0.25, 0.3) is 5.56 Å². The number of fused-ring (bicyclic) bond motifs is 1. The first-order valence-electron chi connectivity index (χ1n) is 9.63. The lowest BCUT2D eigenvalue weighted by atomic mass is 10.3. The van der Waals surface area contributed by atoms with Gasteiger partial charge in [0.2, 0.25) is 0 Å². The Labute approximate surface area is 187 Å². The van der Waals surface area contributed by atoms with E-state index in [0.29, 0.717) is 28.5 Å². The zero-order chi connectivity index (χ0) is 22.7. The molecule has 9 heteroatoms. The van der Waals surface area contributed by atoms with E-state index in [-0.39, 0.29) is 17.2 Å². The Bertz CT molecular complexity index is 1370. The maximum atomic E-state index is 13.2. The highest BCUT2D eigenvalue weighted by atomic mass is 35.5. The summed E-state index contributed by atoms with van der Waals surface area (Å²) in [5, 5.41) is 5.16. The summed E-state index contributed by atoms with van der Waals surface area (Å²) in [6, 6.07) is 15.2. The lowest BCUT2D eigenvalue weighted by Gasteiger charge is -2.11. The number of ether oxygens (including phenoxy) is 1. The number of carbonyl (C=O) groups is 1. The lowest BCUT2D eigenvalue weighted by Crippen LogP contribution is -2.19. The van der Waals surface area contributed by atoms with Gasteiger partial charge in [0.1, 0.15) is 23.8 Å². The fourth-order valence-electron chi connectivity index (χ4n) is 3.07. The number of urea groups is 1. The molecule has 4 aromatic rings. The standard InChI is InChI=1S/C23H18ClFN4O3/c1-14-4-3-9-29-21(30)12-17(26-22(14)29)13-32-18-6-2-5-15(10-18)27-23(31)28-16-7-8-20(25)19(24)11-16/h2-12H,13H2,1H3,(H2,27,28,31). The molecule has 0 aliphatic heterocycles. The summed E-state index contributed by atoms with van der Waals surface area (Å²) in [6.45, 7) is 1.97. The number of hydrogen-bond acceptors (Lipinski definition) is 4. The van der Waals surface area contributed by atoms with Gasteiger partial charge in [-0.1, -0.05) is 23.7 Å². The summed E-state index contributed by atoms with van der Waals surface area (Å²) in [7, 11) is 0. The third-order valence-electron chi connectivity index (χ3n) is 4.60. The monoisotopic (exact) mass is 452 g/mol. The molecule has 7 nitrogen and oxygen atoms in total. The van der Waals surface area contributed by atoms with Crippen LogP contribution in [0.5, 0.6) is 5.75 Å². The third-order valence-corrected chi connectivity index (χ3v) is 4.89. The predicted octanol–water partition coefficient (Wildman–Crippen LogP) is 5.02. The van der Waals surface area contributed by atoms with Gasteiger partial charge in [-0.05, 0) is 48.9 Å². The van der Waals surface area contributed by atoms with Crippen LogP contribution in [0.3, 0.4) is 0 Å². The van der Waals surface area contributed by atoms with Gasteiger partial charge in [-0.3, -0.25) is 9.20 Å². The minimum atomic E-state index is -0.568. The molecule has 0 fully saturated rings. The second-order valence-electron chi connectivity index (χ2n) is 7.00. The van der Waals surface area contributed by atoms with E-state index in [1.165, 1.54) is 28.7 Å². The number of nitrogens with zero attached hydrogens (tertiary/aromatic N) is 2. The number of pyridine rings is 1. The van der Waals surface area contributed by atoms with Gasteiger partial charge < -0.3 is 15.4 Å². The topological polar surface area (TPSA) is 84.7 Å². The van der Waals surface area contributed by atoms with Crippen LogP contribution in [0.2, 0.25) is 5.02 Å². The molecule has 2 aromatic carbocycles. The van der Waals surface area contributed by atoms with E-state index in [4.69, 9.17) is 16.3 Å². The predicted molar refractivity (Wildman–Crippen MR) is 121 cm³/mol. The number of hydrogen-bond donors (Lipinski definition) is 2. The summed E-state index contributed by atoms with van der Waals surface area (Å²) < 4.78 is 20.5. The Morgan fingerprint density at radius 1 is 1.09 bits per heavy atom. The quantitative estimate of drug-likeness (QED) is 0.445. The van der Waals surface area contributed by atoms with Gasteiger partial charge in [-0.15, -0.1) is 0 Å². The van der Waals surface area contributed by atoms with Gasteiger partial charge in [-0.25, -0.2) is 14.2 Å². The van der Waals surface area contributed by atoms with Crippen molar-refractivity contribution in [3.8, 4) is 5.75 Å². The molecule has 0 aliphatic carbocycles. The number of benzene rings is 2. The molecular weight excluding hydrogens is 435 g/mol. The minimum Gasteiger partial charge on any atom is -0.487 e. The second kappa shape index (κ2) is 9.07. The zero-order valence-corrected chi connectivity index (χ0v) is 17.7. The van der Waals surface area contributed by atoms with Crippen LogP contribution in [0.25, 0.3) is 5.65 Å². The number of aromatic nitrogens is 2. The minimum absolute atomic E-state index is 0.0871. The van der Waals surface area contributed by atoms with Crippen LogP contribution >= 0.6 is 11.6 Å². The average molecular weight is 453 g/mol. The average Bonchev–Trinajstić information content (AvgIpc) is 2.76. The molecule has 0 spiro atoms. The molecule has 2 aromatic heterocycles. The van der Waals surface area contributed by atoms with Gasteiger partial charge in [0.15, 0.2) is 0 Å². The summed E-state index contributed by atoms with van der Waals surface area (Å²) >= 11 is 5.72. The van der Waals surface area contributed by atoms with E-state index >= 15 is 0 Å². The van der Waals surface area contributed by atoms with Gasteiger partial charge in [-0.2, -0.15) is 0 Å². The number of aryl methyl sites for hydroxylation is 1. The van der Waals surface area contributed by atoms with Crippen molar-refractivity contribution in [2.45, 2.75) is 13.5 Å². The van der Waals surface area contributed by atoms with Crippen LogP contribution in [-0.4, -0.2) is 15.4 Å². The Balaban J connectivity index is 1.42. The second-order valence-corrected chi connectivity index (χ2v) is 7.40. The van der Waals surface area contributed by atoms with Crippen molar-refractivity contribution in [3.05, 3.63) is 99.3 Å². The third kappa shape index (κ3) is 4.87. The molecule has 162 valence electrons. The van der Waals surface area contributed by atoms with Crippen LogP contribution in [0.1, 0.15) is 11.3 Å². The van der Waals surface area contributed by atoms with Crippen molar-refractivity contribution in [1.82, 2.24) is 9.38 Å². The van der Waals surface area contributed by atoms with E-state index in [0.717, 1.165) is 5.56 Å². The molecule has 0 bridgehead atoms. The molecule has 0 atom stereocenters. The fourth-order valence-corrected chi connectivity index (χ4v) is 3.25. The maximum absolute atomic E-state index is 13.2. The van der Waals surface area contributed by atoms with Crippen LogP contribution in [0.4, 0.5) is 20.6 Å². The molecule has 2 amide bonds. The van der Waals surface area contributed by atoms with Gasteiger partial charge >= 0.3 is 6.03 Å². The van der Waals surface area contributed by atoms with Crippen LogP contribution in [0, 0.1) is 12.7 Å². The summed E-state index contributed by atoms with van der Waals surface area (Å²) in [4.78, 5) is 29.0. The highest BCUT2D eigenvalue weighted by Gasteiger charge is 2.08. The van der Waals surface area contributed by atoms with Crippen LogP contribution < -0.4 is 20.9 Å². The van der Waals surface area contributed by atoms with E-state index in [1.807, 2.05) is 13.0 Å². The van der Waals surface area contributed by atoms with E-state index < -0.39 is 11.8 Å². The Morgan fingerprint density at radius 2 is 1.88 bits per heavy atom. The Hall–Kier alpha value is -3.91. The molecule has 0 aliphatic rings. The Kier molecular flexibility index (Phi) is 6.04. The summed E-state index contributed by atoms with van der Waals surface area (Å²) in [6.07, 6.45) is 1.67. The van der Waals surface area contributed by atoms with Gasteiger partial charge in [0, 0.05) is 29.7 Å². The molecule has 2 N–H and O–H groups in total. The van der Waals surface area contributed by atoms with Crippen molar-refractivity contribution in [1.29, 1.82) is 0 Å². The molecule has 0 saturated carbocycles. The molecule has 0 radical (unpaired) electrons. The maximum Gasteiger partial charge on any atom is 0.323 e. The van der Waals surface area contributed by atoms with Crippen LogP contribution in [-0.2, 0) is 6.61 Å². The van der Waals surface area contributed by atoms with Crippen molar-refractivity contribution >= 4 is 34.7 Å². The summed E-state index contributed by atoms with van der Waals surface area (Å²) in [5.41, 5.74) is 2.59. The first-order valence-corrected chi connectivity index (χ1v) is 10.0. The fraction of sp³-hybridized carbons (Fsp3) is 0.0870. The highest BCUT2D eigenvalue weighted by molar-refractivity contribution is 6.31. The molecule has 0 saturated heterocycles. The number of nitrogens with one attached hydrogen (secondary N) is 2. The van der Waals surface area contributed by atoms with Crippen molar-refractivity contribution in [2.24, 2.45) is 0 Å². The Morgan fingerprint density at radius 3 is 2.66 bits per heavy atom. The number of rotatable bonds is 5. The normalized spacial score (nSPS) is 10.7. The lowest BCUT2D eigenvalue weighted by molar-refractivity contribution is 0.262. The number of amides is 2. The number of halogens is 2. The molecule has 0 unspecified atom stereocenters. The molecular formula is C23H18ClFN4O3. The molecule has 32 heavy (non-hydrogen) atoms. The molecule has 4 rings (SSSR count). The van der Waals surface area contributed by atoms with E-state index in [9.17, 15) is 14.0 Å². The summed E-state index contributed by atoms with van der Waals surface area (Å²) in [5.74, 6) is -0.0827. The number of carbonyl (C=O) groups excluding carboxylic acids is 1. The first kappa shape index (κ1) is 21.3. The van der Waals surface area contributed by atoms with E-state index in [1.54, 1.807) is 36.5 Å². The van der Waals surface area contributed by atoms with Crippen molar-refractivity contribution in [2.75, 3.05) is 10.6 Å². The SMILES string of the molecule is Cc1cccn2c(=O)cc(COc3cccc(NC(=O)Nc4ccc(F)c(Cl)c4)c3)nc12. The van der Waals surface area contributed by atoms with Gasteiger partial charge in [0.05, 0.1) is 10.7 Å². The first-order chi connectivity index (χ1) is 15.4. The van der Waals surface area contributed by atoms with Crippen molar-refractivity contribution in [3.63, 3.8) is 0 Å².